The van der Waals surface area contributed by atoms with E-state index < -0.39 is 0 Å². The van der Waals surface area contributed by atoms with Gasteiger partial charge in [0.05, 0.1) is 11.3 Å². The number of carbonyl (C=O) groups excluding carboxylic acids is 2. The molecule has 0 atom stereocenters. The number of amides is 2. The Balaban J connectivity index is 1.65. The molecule has 2 N–H and O–H groups in total. The summed E-state index contributed by atoms with van der Waals surface area (Å²) in [7, 11) is 0. The average Bonchev–Trinajstić information content (AvgIpc) is 2.80. The fourth-order valence-corrected chi connectivity index (χ4v) is 3.04. The number of hydrogen-bond donors (Lipinski definition) is 2. The standard InChI is InChI=1S/C25H26N2O3/c1-2-30-18-8-17-26-25(29)22-11-6-7-12-23(22)27-24(28)21-15-13-20(14-16-21)19-9-4-3-5-10-19/h3-7,9-16H,2,8,17-18H2,1H3,(H,26,29)(H,27,28). The SMILES string of the molecule is CCOCCCNC(=O)c1ccccc1NC(=O)c1ccc(-c2ccccc2)cc1. The van der Waals surface area contributed by atoms with Crippen molar-refractivity contribution in [2.45, 2.75) is 13.3 Å². The van der Waals surface area contributed by atoms with Crippen molar-refractivity contribution in [2.75, 3.05) is 25.1 Å². The Bertz CT molecular complexity index is 969. The zero-order valence-corrected chi connectivity index (χ0v) is 17.1. The Labute approximate surface area is 177 Å². The molecule has 0 saturated heterocycles. The minimum absolute atomic E-state index is 0.221. The Hall–Kier alpha value is -3.44. The largest absolute Gasteiger partial charge is 0.382 e. The van der Waals surface area contributed by atoms with Crippen LogP contribution in [0.1, 0.15) is 34.1 Å². The van der Waals surface area contributed by atoms with Gasteiger partial charge in [0.1, 0.15) is 0 Å². The van der Waals surface area contributed by atoms with E-state index in [0.29, 0.717) is 36.6 Å². The molecular formula is C25H26N2O3. The molecule has 0 bridgehead atoms. The van der Waals surface area contributed by atoms with Crippen LogP contribution in [-0.4, -0.2) is 31.6 Å². The van der Waals surface area contributed by atoms with Crippen molar-refractivity contribution in [3.05, 3.63) is 90.0 Å². The van der Waals surface area contributed by atoms with E-state index in [1.807, 2.05) is 49.4 Å². The number of carbonyl (C=O) groups is 2. The number of nitrogens with one attached hydrogen (secondary N) is 2. The van der Waals surface area contributed by atoms with Gasteiger partial charge in [-0.15, -0.1) is 0 Å². The van der Waals surface area contributed by atoms with Crippen LogP contribution >= 0.6 is 0 Å². The first-order valence-corrected chi connectivity index (χ1v) is 10.1. The number of rotatable bonds is 9. The molecule has 30 heavy (non-hydrogen) atoms. The number of para-hydroxylation sites is 1. The fraction of sp³-hybridized carbons (Fsp3) is 0.200. The van der Waals surface area contributed by atoms with Crippen molar-refractivity contribution < 1.29 is 14.3 Å². The Kier molecular flexibility index (Phi) is 7.75. The molecule has 0 unspecified atom stereocenters. The molecule has 0 heterocycles. The molecule has 3 aromatic carbocycles. The summed E-state index contributed by atoms with van der Waals surface area (Å²) in [5.41, 5.74) is 3.58. The number of benzene rings is 3. The van der Waals surface area contributed by atoms with Gasteiger partial charge in [-0.05, 0) is 48.7 Å². The molecule has 3 rings (SSSR count). The minimum Gasteiger partial charge on any atom is -0.382 e. The molecule has 0 aliphatic carbocycles. The monoisotopic (exact) mass is 402 g/mol. The van der Waals surface area contributed by atoms with Gasteiger partial charge in [0, 0.05) is 25.3 Å². The van der Waals surface area contributed by atoms with Crippen molar-refractivity contribution in [2.24, 2.45) is 0 Å². The van der Waals surface area contributed by atoms with Crippen LogP contribution in [0, 0.1) is 0 Å². The summed E-state index contributed by atoms with van der Waals surface area (Å²) in [4.78, 5) is 25.2. The first-order chi connectivity index (χ1) is 14.7. The maximum Gasteiger partial charge on any atom is 0.255 e. The van der Waals surface area contributed by atoms with Crippen LogP contribution in [0.3, 0.4) is 0 Å². The molecule has 5 nitrogen and oxygen atoms in total. The molecular weight excluding hydrogens is 376 g/mol. The summed E-state index contributed by atoms with van der Waals surface area (Å²) in [6.45, 7) is 3.72. The van der Waals surface area contributed by atoms with Crippen LogP contribution in [0.5, 0.6) is 0 Å². The number of ether oxygens (including phenoxy) is 1. The third-order valence-corrected chi connectivity index (χ3v) is 4.63. The van der Waals surface area contributed by atoms with Crippen LogP contribution in [0.2, 0.25) is 0 Å². The molecule has 5 heteroatoms. The van der Waals surface area contributed by atoms with E-state index in [2.05, 4.69) is 10.6 Å². The minimum atomic E-state index is -0.258. The van der Waals surface area contributed by atoms with Crippen LogP contribution in [-0.2, 0) is 4.74 Å². The fourth-order valence-electron chi connectivity index (χ4n) is 3.04. The maximum absolute atomic E-state index is 12.7. The van der Waals surface area contributed by atoms with Gasteiger partial charge in [0.2, 0.25) is 0 Å². The highest BCUT2D eigenvalue weighted by Gasteiger charge is 2.14. The first-order valence-electron chi connectivity index (χ1n) is 10.1. The highest BCUT2D eigenvalue weighted by Crippen LogP contribution is 2.21. The van der Waals surface area contributed by atoms with E-state index in [0.717, 1.165) is 17.5 Å². The predicted molar refractivity (Wildman–Crippen MR) is 120 cm³/mol. The van der Waals surface area contributed by atoms with Gasteiger partial charge in [0.15, 0.2) is 0 Å². The predicted octanol–water partition coefficient (Wildman–Crippen LogP) is 4.76. The molecule has 3 aromatic rings. The Morgan fingerprint density at radius 2 is 1.47 bits per heavy atom. The Morgan fingerprint density at radius 1 is 0.800 bits per heavy atom. The van der Waals surface area contributed by atoms with E-state index in [-0.39, 0.29) is 11.8 Å². The van der Waals surface area contributed by atoms with E-state index >= 15 is 0 Å². The van der Waals surface area contributed by atoms with Gasteiger partial charge in [-0.2, -0.15) is 0 Å². The van der Waals surface area contributed by atoms with Gasteiger partial charge in [-0.25, -0.2) is 0 Å². The first kappa shape index (κ1) is 21.3. The topological polar surface area (TPSA) is 67.4 Å². The lowest BCUT2D eigenvalue weighted by Gasteiger charge is -2.12. The van der Waals surface area contributed by atoms with E-state index in [4.69, 9.17) is 4.74 Å². The molecule has 0 fully saturated rings. The van der Waals surface area contributed by atoms with Crippen LogP contribution in [0.4, 0.5) is 5.69 Å². The summed E-state index contributed by atoms with van der Waals surface area (Å²) >= 11 is 0. The summed E-state index contributed by atoms with van der Waals surface area (Å²) < 4.78 is 5.27. The lowest BCUT2D eigenvalue weighted by atomic mass is 10.0. The second kappa shape index (κ2) is 10.9. The normalized spacial score (nSPS) is 10.4. The summed E-state index contributed by atoms with van der Waals surface area (Å²) in [6, 6.07) is 24.4. The highest BCUT2D eigenvalue weighted by atomic mass is 16.5. The van der Waals surface area contributed by atoms with Crippen LogP contribution < -0.4 is 10.6 Å². The zero-order chi connectivity index (χ0) is 21.2. The zero-order valence-electron chi connectivity index (χ0n) is 17.1. The van der Waals surface area contributed by atoms with Crippen molar-refractivity contribution in [1.29, 1.82) is 0 Å². The third kappa shape index (κ3) is 5.78. The van der Waals surface area contributed by atoms with Crippen LogP contribution in [0.15, 0.2) is 78.9 Å². The number of anilines is 1. The van der Waals surface area contributed by atoms with Gasteiger partial charge >= 0.3 is 0 Å². The molecule has 2 amide bonds. The van der Waals surface area contributed by atoms with E-state index in [1.165, 1.54) is 0 Å². The summed E-state index contributed by atoms with van der Waals surface area (Å²) in [5.74, 6) is -0.479. The van der Waals surface area contributed by atoms with Gasteiger partial charge in [-0.3, -0.25) is 9.59 Å². The number of hydrogen-bond acceptors (Lipinski definition) is 3. The lowest BCUT2D eigenvalue weighted by Crippen LogP contribution is -2.26. The van der Waals surface area contributed by atoms with Crippen molar-refractivity contribution >= 4 is 17.5 Å². The highest BCUT2D eigenvalue weighted by molar-refractivity contribution is 6.09. The quantitative estimate of drug-likeness (QED) is 0.507. The van der Waals surface area contributed by atoms with E-state index in [1.54, 1.807) is 36.4 Å². The van der Waals surface area contributed by atoms with E-state index in [9.17, 15) is 9.59 Å². The van der Waals surface area contributed by atoms with Crippen molar-refractivity contribution in [1.82, 2.24) is 5.32 Å². The maximum atomic E-state index is 12.7. The van der Waals surface area contributed by atoms with Gasteiger partial charge < -0.3 is 15.4 Å². The van der Waals surface area contributed by atoms with Crippen molar-refractivity contribution in [3.63, 3.8) is 0 Å². The smallest absolute Gasteiger partial charge is 0.255 e. The molecule has 154 valence electrons. The molecule has 0 aliphatic rings. The second-order valence-electron chi connectivity index (χ2n) is 6.75. The molecule has 0 aliphatic heterocycles. The average molecular weight is 402 g/mol. The van der Waals surface area contributed by atoms with Gasteiger partial charge in [0.25, 0.3) is 11.8 Å². The lowest BCUT2D eigenvalue weighted by molar-refractivity contribution is 0.0945. The molecule has 0 spiro atoms. The third-order valence-electron chi connectivity index (χ3n) is 4.63. The molecule has 0 aromatic heterocycles. The Morgan fingerprint density at radius 3 is 2.20 bits per heavy atom. The van der Waals surface area contributed by atoms with Crippen molar-refractivity contribution in [3.8, 4) is 11.1 Å². The second-order valence-corrected chi connectivity index (χ2v) is 6.75. The van der Waals surface area contributed by atoms with Gasteiger partial charge in [-0.1, -0.05) is 54.6 Å². The molecule has 0 radical (unpaired) electrons. The molecule has 0 saturated carbocycles. The summed E-state index contributed by atoms with van der Waals surface area (Å²) in [5, 5.41) is 5.72. The summed E-state index contributed by atoms with van der Waals surface area (Å²) in [6.07, 6.45) is 0.738. The van der Waals surface area contributed by atoms with Crippen LogP contribution in [0.25, 0.3) is 11.1 Å².